The summed E-state index contributed by atoms with van der Waals surface area (Å²) >= 11 is 0. The van der Waals surface area contributed by atoms with Crippen molar-refractivity contribution in [3.05, 3.63) is 53.7 Å². The van der Waals surface area contributed by atoms with Gasteiger partial charge in [0.05, 0.1) is 23.9 Å². The van der Waals surface area contributed by atoms with E-state index in [1.807, 2.05) is 32.8 Å². The van der Waals surface area contributed by atoms with Crippen molar-refractivity contribution in [2.45, 2.75) is 64.6 Å². The van der Waals surface area contributed by atoms with Gasteiger partial charge in [0.2, 0.25) is 23.6 Å². The molecule has 1 aromatic heterocycles. The number of anilines is 2. The lowest BCUT2D eigenvalue weighted by atomic mass is 9.86. The van der Waals surface area contributed by atoms with Crippen molar-refractivity contribution < 1.29 is 14.3 Å². The number of hydrogen-bond donors (Lipinski definition) is 2. The number of amides is 2. The highest BCUT2D eigenvalue weighted by molar-refractivity contribution is 5.92. The molecule has 1 aliphatic carbocycles. The van der Waals surface area contributed by atoms with Gasteiger partial charge < -0.3 is 25.2 Å². The molecule has 1 saturated carbocycles. The Morgan fingerprint density at radius 3 is 2.57 bits per heavy atom. The lowest BCUT2D eigenvalue weighted by molar-refractivity contribution is -0.135. The minimum atomic E-state index is -0.586. The van der Waals surface area contributed by atoms with Gasteiger partial charge in [0, 0.05) is 37.3 Å². The first-order valence-electron chi connectivity index (χ1n) is 14.3. The number of nitriles is 1. The van der Waals surface area contributed by atoms with E-state index in [1.165, 1.54) is 11.0 Å². The predicted octanol–water partition coefficient (Wildman–Crippen LogP) is 3.87. The number of benzene rings is 1. The van der Waals surface area contributed by atoms with Gasteiger partial charge in [0.25, 0.3) is 0 Å². The molecule has 222 valence electrons. The Morgan fingerprint density at radius 2 is 1.90 bits per heavy atom. The topological polar surface area (TPSA) is 123 Å². The van der Waals surface area contributed by atoms with E-state index in [9.17, 15) is 9.59 Å². The van der Waals surface area contributed by atoms with Gasteiger partial charge in [0.15, 0.2) is 0 Å². The molecule has 0 unspecified atom stereocenters. The van der Waals surface area contributed by atoms with Crippen LogP contribution in [0.4, 0.5) is 11.6 Å². The van der Waals surface area contributed by atoms with Gasteiger partial charge in [-0.25, -0.2) is 4.98 Å². The minimum absolute atomic E-state index is 0.0117. The van der Waals surface area contributed by atoms with E-state index in [0.717, 1.165) is 31.4 Å². The molecule has 42 heavy (non-hydrogen) atoms. The molecule has 0 saturated heterocycles. The summed E-state index contributed by atoms with van der Waals surface area (Å²) in [7, 11) is 5.50. The molecule has 10 nitrogen and oxygen atoms in total. The maximum absolute atomic E-state index is 12.9. The van der Waals surface area contributed by atoms with E-state index in [1.54, 1.807) is 50.5 Å². The van der Waals surface area contributed by atoms with Crippen LogP contribution < -0.4 is 15.4 Å². The van der Waals surface area contributed by atoms with E-state index < -0.39 is 6.04 Å². The van der Waals surface area contributed by atoms with E-state index in [-0.39, 0.29) is 29.9 Å². The Morgan fingerprint density at radius 1 is 1.17 bits per heavy atom. The highest BCUT2D eigenvalue weighted by Crippen LogP contribution is 2.25. The number of ether oxygens (including phenoxy) is 1. The molecule has 0 radical (unpaired) electrons. The Kier molecular flexibility index (Phi) is 11.9. The van der Waals surface area contributed by atoms with Crippen LogP contribution in [0.2, 0.25) is 0 Å². The second-order valence-corrected chi connectivity index (χ2v) is 11.0. The molecule has 3 atom stereocenters. The second-order valence-electron chi connectivity index (χ2n) is 11.0. The number of likely N-dealkylation sites (N-methyl/N-ethyl adjacent to an activating group) is 2. The van der Waals surface area contributed by atoms with Gasteiger partial charge >= 0.3 is 0 Å². The number of nitrogens with one attached hydrogen (secondary N) is 2. The zero-order chi connectivity index (χ0) is 30.6. The van der Waals surface area contributed by atoms with Crippen LogP contribution in [-0.2, 0) is 9.59 Å². The molecule has 0 bridgehead atoms. The number of carbonyl (C=O) groups excluding carboxylic acids is 2. The minimum Gasteiger partial charge on any atom is -0.474 e. The standard InChI is InChI=1S/C32H41N7O3/c1-22(2)42-31-26(21-34-32(37-31)36-27-16-13-25(20-33)14-17-27)15-12-24-9-7-10-28(19-24)35-30(41)23(3)39(6)29(40)11-8-18-38(4)5/h8,11,13-14,16-17,21-24,28H,7,9-10,18-19H2,1-6H3,(H,35,41)(H,34,36,37)/b11-8+/t23-,24-,28-/m0/s1. The van der Waals surface area contributed by atoms with Crippen molar-refractivity contribution in [1.29, 1.82) is 5.26 Å². The molecule has 3 rings (SSSR count). The Bertz CT molecular complexity index is 1350. The summed E-state index contributed by atoms with van der Waals surface area (Å²) in [5, 5.41) is 15.3. The fraction of sp³-hybridized carbons (Fsp3) is 0.469. The molecule has 0 aliphatic heterocycles. The third-order valence-corrected chi connectivity index (χ3v) is 6.84. The molecule has 10 heteroatoms. The van der Waals surface area contributed by atoms with Gasteiger partial charge in [-0.2, -0.15) is 10.2 Å². The molecular formula is C32H41N7O3. The van der Waals surface area contributed by atoms with E-state index in [4.69, 9.17) is 10.00 Å². The largest absolute Gasteiger partial charge is 0.474 e. The van der Waals surface area contributed by atoms with E-state index in [0.29, 0.717) is 29.5 Å². The van der Waals surface area contributed by atoms with Crippen LogP contribution in [0.15, 0.2) is 42.6 Å². The van der Waals surface area contributed by atoms with Crippen LogP contribution in [0.3, 0.4) is 0 Å². The molecule has 2 amide bonds. The van der Waals surface area contributed by atoms with Crippen molar-refractivity contribution in [3.63, 3.8) is 0 Å². The number of nitrogens with zero attached hydrogens (tertiary/aromatic N) is 5. The van der Waals surface area contributed by atoms with Crippen molar-refractivity contribution in [3.8, 4) is 23.8 Å². The quantitative estimate of drug-likeness (QED) is 0.326. The highest BCUT2D eigenvalue weighted by Gasteiger charge is 2.27. The highest BCUT2D eigenvalue weighted by atomic mass is 16.5. The summed E-state index contributed by atoms with van der Waals surface area (Å²) in [6, 6.07) is 8.52. The van der Waals surface area contributed by atoms with Crippen LogP contribution in [0, 0.1) is 29.1 Å². The van der Waals surface area contributed by atoms with Gasteiger partial charge in [-0.3, -0.25) is 9.59 Å². The summed E-state index contributed by atoms with van der Waals surface area (Å²) < 4.78 is 5.94. The number of carbonyl (C=O) groups is 2. The van der Waals surface area contributed by atoms with Crippen molar-refractivity contribution >= 4 is 23.5 Å². The van der Waals surface area contributed by atoms with Crippen molar-refractivity contribution in [2.75, 3.05) is 33.0 Å². The van der Waals surface area contributed by atoms with Gasteiger partial charge in [-0.15, -0.1) is 0 Å². The number of hydrogen-bond acceptors (Lipinski definition) is 8. The Balaban J connectivity index is 1.63. The van der Waals surface area contributed by atoms with Crippen molar-refractivity contribution in [2.24, 2.45) is 5.92 Å². The average molecular weight is 572 g/mol. The summed E-state index contributed by atoms with van der Waals surface area (Å²) in [6.07, 6.45) is 8.32. The summed E-state index contributed by atoms with van der Waals surface area (Å²) in [5.74, 6) is 7.04. The Hall–Kier alpha value is -4.41. The summed E-state index contributed by atoms with van der Waals surface area (Å²) in [4.78, 5) is 37.8. The van der Waals surface area contributed by atoms with Gasteiger partial charge in [-0.05, 0) is 78.4 Å². The predicted molar refractivity (Wildman–Crippen MR) is 163 cm³/mol. The molecule has 2 aromatic rings. The second kappa shape index (κ2) is 15.6. The van der Waals surface area contributed by atoms with E-state index in [2.05, 4.69) is 38.5 Å². The molecule has 1 aromatic carbocycles. The average Bonchev–Trinajstić information content (AvgIpc) is 2.96. The zero-order valence-electron chi connectivity index (χ0n) is 25.3. The van der Waals surface area contributed by atoms with Crippen molar-refractivity contribution in [1.82, 2.24) is 25.1 Å². The van der Waals surface area contributed by atoms with Crippen LogP contribution in [0.5, 0.6) is 5.88 Å². The fourth-order valence-electron chi connectivity index (χ4n) is 4.38. The molecule has 0 spiro atoms. The first-order chi connectivity index (χ1) is 20.0. The fourth-order valence-corrected chi connectivity index (χ4v) is 4.38. The smallest absolute Gasteiger partial charge is 0.246 e. The number of aromatic nitrogens is 2. The molecule has 2 N–H and O–H groups in total. The summed E-state index contributed by atoms with van der Waals surface area (Å²) in [5.41, 5.74) is 1.92. The lowest BCUT2D eigenvalue weighted by Crippen LogP contribution is -2.49. The first kappa shape index (κ1) is 32.1. The third-order valence-electron chi connectivity index (χ3n) is 6.84. The first-order valence-corrected chi connectivity index (χ1v) is 14.3. The summed E-state index contributed by atoms with van der Waals surface area (Å²) in [6.45, 7) is 6.24. The van der Waals surface area contributed by atoms with Crippen LogP contribution in [-0.4, -0.2) is 77.5 Å². The number of rotatable bonds is 10. The van der Waals surface area contributed by atoms with Crippen LogP contribution in [0.25, 0.3) is 0 Å². The van der Waals surface area contributed by atoms with Gasteiger partial charge in [0.1, 0.15) is 11.6 Å². The normalized spacial score (nSPS) is 17.2. The van der Waals surface area contributed by atoms with Crippen LogP contribution >= 0.6 is 0 Å². The van der Waals surface area contributed by atoms with Crippen LogP contribution in [0.1, 0.15) is 57.6 Å². The molecular weight excluding hydrogens is 530 g/mol. The van der Waals surface area contributed by atoms with Gasteiger partial charge in [-0.1, -0.05) is 24.3 Å². The molecule has 1 aliphatic rings. The molecule has 1 fully saturated rings. The maximum Gasteiger partial charge on any atom is 0.246 e. The molecule has 1 heterocycles. The monoisotopic (exact) mass is 571 g/mol. The zero-order valence-corrected chi connectivity index (χ0v) is 25.3. The Labute approximate surface area is 249 Å². The SMILES string of the molecule is CC(C)Oc1nc(Nc2ccc(C#N)cc2)ncc1C#C[C@@H]1CCC[C@H](NC(=O)[C@H](C)N(C)C(=O)/C=C/CN(C)C)C1. The van der Waals surface area contributed by atoms with E-state index >= 15 is 0 Å². The maximum atomic E-state index is 12.9. The third kappa shape index (κ3) is 9.90. The lowest BCUT2D eigenvalue weighted by Gasteiger charge is -2.30.